The zero-order valence-electron chi connectivity index (χ0n) is 16.1. The highest BCUT2D eigenvalue weighted by molar-refractivity contribution is 14.1. The van der Waals surface area contributed by atoms with Gasteiger partial charge in [-0.05, 0) is 94.7 Å². The Morgan fingerprint density at radius 3 is 2.50 bits per heavy atom. The lowest BCUT2D eigenvalue weighted by molar-refractivity contribution is -0.129. The fourth-order valence-corrected chi connectivity index (χ4v) is 3.34. The van der Waals surface area contributed by atoms with E-state index in [4.69, 9.17) is 21.1 Å². The van der Waals surface area contributed by atoms with Crippen molar-refractivity contribution < 1.29 is 14.3 Å². The Kier molecular flexibility index (Phi) is 6.20. The van der Waals surface area contributed by atoms with Gasteiger partial charge in [0.05, 0.1) is 0 Å². The maximum atomic E-state index is 12.2. The maximum Gasteiger partial charge on any atom is 0.363 e. The first-order valence-corrected chi connectivity index (χ1v) is 10.7. The molecule has 0 amide bonds. The summed E-state index contributed by atoms with van der Waals surface area (Å²) < 4.78 is 12.3. The monoisotopic (exact) mass is 529 g/mol. The van der Waals surface area contributed by atoms with Crippen LogP contribution in [0.3, 0.4) is 0 Å². The topological polar surface area (TPSA) is 47.9 Å². The number of halogens is 2. The van der Waals surface area contributed by atoms with Gasteiger partial charge < -0.3 is 9.47 Å². The number of carbonyl (C=O) groups is 1. The minimum atomic E-state index is -0.454. The summed E-state index contributed by atoms with van der Waals surface area (Å²) in [4.78, 5) is 16.6. The number of aryl methyl sites for hydroxylation is 1. The number of benzene rings is 3. The number of ether oxygens (including phenoxy) is 2. The van der Waals surface area contributed by atoms with E-state index in [0.29, 0.717) is 17.5 Å². The average molecular weight is 530 g/mol. The molecule has 0 bridgehead atoms. The number of nitrogens with zero attached hydrogens (tertiary/aromatic N) is 1. The largest absolute Gasteiger partial charge is 0.489 e. The van der Waals surface area contributed by atoms with E-state index in [0.717, 1.165) is 31.6 Å². The van der Waals surface area contributed by atoms with Crippen LogP contribution in [0.1, 0.15) is 22.3 Å². The second-order valence-corrected chi connectivity index (χ2v) is 8.38. The molecule has 150 valence electrons. The van der Waals surface area contributed by atoms with Crippen molar-refractivity contribution in [3.63, 3.8) is 0 Å². The van der Waals surface area contributed by atoms with Crippen LogP contribution in [0.15, 0.2) is 77.4 Å². The van der Waals surface area contributed by atoms with E-state index in [-0.39, 0.29) is 5.70 Å². The van der Waals surface area contributed by atoms with E-state index in [9.17, 15) is 4.79 Å². The van der Waals surface area contributed by atoms with Crippen molar-refractivity contribution in [2.45, 2.75) is 13.5 Å². The van der Waals surface area contributed by atoms with E-state index in [1.54, 1.807) is 6.08 Å². The highest BCUT2D eigenvalue weighted by Crippen LogP contribution is 2.22. The van der Waals surface area contributed by atoms with Crippen LogP contribution in [0.5, 0.6) is 5.75 Å². The molecule has 1 aliphatic rings. The number of hydrogen-bond acceptors (Lipinski definition) is 4. The fourth-order valence-electron chi connectivity index (χ4n) is 2.88. The van der Waals surface area contributed by atoms with Gasteiger partial charge in [-0.1, -0.05) is 35.9 Å². The molecule has 0 aliphatic carbocycles. The predicted molar refractivity (Wildman–Crippen MR) is 127 cm³/mol. The molecule has 3 aromatic carbocycles. The van der Waals surface area contributed by atoms with Crippen LogP contribution >= 0.6 is 34.2 Å². The second kappa shape index (κ2) is 9.02. The van der Waals surface area contributed by atoms with Gasteiger partial charge in [-0.3, -0.25) is 0 Å². The Labute approximate surface area is 193 Å². The van der Waals surface area contributed by atoms with Crippen molar-refractivity contribution in [2.24, 2.45) is 4.99 Å². The Bertz CT molecular complexity index is 1150. The number of cyclic esters (lactones) is 1. The predicted octanol–water partition coefficient (Wildman–Crippen LogP) is 6.18. The smallest absolute Gasteiger partial charge is 0.363 e. The summed E-state index contributed by atoms with van der Waals surface area (Å²) in [6.07, 6.45) is 1.71. The van der Waals surface area contributed by atoms with Crippen molar-refractivity contribution in [3.8, 4) is 5.75 Å². The van der Waals surface area contributed by atoms with Crippen LogP contribution in [0.4, 0.5) is 0 Å². The van der Waals surface area contributed by atoms with Gasteiger partial charge in [-0.2, -0.15) is 0 Å². The SMILES string of the molecule is Cc1cc(C2=N/C(=C\c3ccc(OCc4ccc(Cl)cc4)cc3)C(=O)O2)ccc1I. The molecule has 4 nitrogen and oxygen atoms in total. The first-order chi connectivity index (χ1) is 14.5. The molecule has 1 aliphatic heterocycles. The average Bonchev–Trinajstić information content (AvgIpc) is 3.11. The van der Waals surface area contributed by atoms with Crippen molar-refractivity contribution in [1.29, 1.82) is 0 Å². The minimum absolute atomic E-state index is 0.274. The van der Waals surface area contributed by atoms with Crippen molar-refractivity contribution in [2.75, 3.05) is 0 Å². The van der Waals surface area contributed by atoms with Crippen molar-refractivity contribution >= 4 is 52.1 Å². The second-order valence-electron chi connectivity index (χ2n) is 6.78. The highest BCUT2D eigenvalue weighted by Gasteiger charge is 2.24. The van der Waals surface area contributed by atoms with Crippen LogP contribution in [0.2, 0.25) is 5.02 Å². The zero-order chi connectivity index (χ0) is 21.1. The molecule has 30 heavy (non-hydrogen) atoms. The molecule has 0 saturated heterocycles. The zero-order valence-corrected chi connectivity index (χ0v) is 19.0. The molecule has 0 unspecified atom stereocenters. The first kappa shape index (κ1) is 20.6. The van der Waals surface area contributed by atoms with E-state index in [1.165, 1.54) is 0 Å². The number of carbonyl (C=O) groups excluding carboxylic acids is 1. The van der Waals surface area contributed by atoms with Crippen LogP contribution in [0.25, 0.3) is 6.08 Å². The van der Waals surface area contributed by atoms with Crippen LogP contribution < -0.4 is 4.74 Å². The van der Waals surface area contributed by atoms with Crippen LogP contribution in [-0.4, -0.2) is 11.9 Å². The third kappa shape index (κ3) is 4.91. The van der Waals surface area contributed by atoms with Gasteiger partial charge in [0, 0.05) is 14.2 Å². The van der Waals surface area contributed by atoms with Gasteiger partial charge in [0.15, 0.2) is 5.70 Å². The summed E-state index contributed by atoms with van der Waals surface area (Å²) in [5.74, 6) is 0.609. The van der Waals surface area contributed by atoms with Gasteiger partial charge in [-0.15, -0.1) is 0 Å². The number of hydrogen-bond donors (Lipinski definition) is 0. The van der Waals surface area contributed by atoms with Crippen LogP contribution in [0, 0.1) is 10.5 Å². The lowest BCUT2D eigenvalue weighted by Gasteiger charge is -2.06. The van der Waals surface area contributed by atoms with Gasteiger partial charge >= 0.3 is 5.97 Å². The number of aliphatic imine (C=N–C) groups is 1. The van der Waals surface area contributed by atoms with Gasteiger partial charge in [-0.25, -0.2) is 9.79 Å². The van der Waals surface area contributed by atoms with E-state index < -0.39 is 5.97 Å². The van der Waals surface area contributed by atoms with Gasteiger partial charge in [0.25, 0.3) is 0 Å². The molecule has 0 aromatic heterocycles. The number of esters is 1. The molecule has 0 N–H and O–H groups in total. The third-order valence-corrected chi connectivity index (χ3v) is 5.99. The summed E-state index contributed by atoms with van der Waals surface area (Å²) >= 11 is 8.16. The summed E-state index contributed by atoms with van der Waals surface area (Å²) in [5.41, 5.74) is 4.04. The molecule has 4 rings (SSSR count). The van der Waals surface area contributed by atoms with Crippen molar-refractivity contribution in [1.82, 2.24) is 0 Å². The summed E-state index contributed by atoms with van der Waals surface area (Å²) in [6.45, 7) is 2.46. The molecule has 0 saturated carbocycles. The third-order valence-electron chi connectivity index (χ3n) is 4.53. The first-order valence-electron chi connectivity index (χ1n) is 9.24. The summed E-state index contributed by atoms with van der Waals surface area (Å²) in [5, 5.41) is 0.699. The Morgan fingerprint density at radius 2 is 1.80 bits per heavy atom. The quantitative estimate of drug-likeness (QED) is 0.225. The van der Waals surface area contributed by atoms with Crippen molar-refractivity contribution in [3.05, 3.63) is 103 Å². The number of rotatable bonds is 5. The summed E-state index contributed by atoms with van der Waals surface area (Å²) in [7, 11) is 0. The standard InChI is InChI=1S/C24H17ClINO3/c1-15-12-18(6-11-21(15)26)23-27-22(24(28)30-23)13-16-4-9-20(10-5-16)29-14-17-2-7-19(25)8-3-17/h2-13H,14H2,1H3/b22-13-. The molecule has 3 aromatic rings. The molecule has 1 heterocycles. The lowest BCUT2D eigenvalue weighted by atomic mass is 10.1. The molecule has 6 heteroatoms. The fraction of sp³-hybridized carbons (Fsp3) is 0.0833. The summed E-state index contributed by atoms with van der Waals surface area (Å²) in [6, 6.07) is 20.8. The van der Waals surface area contributed by atoms with E-state index >= 15 is 0 Å². The van der Waals surface area contributed by atoms with E-state index in [1.807, 2.05) is 73.7 Å². The Hall–Kier alpha value is -2.64. The normalized spacial score (nSPS) is 14.6. The minimum Gasteiger partial charge on any atom is -0.489 e. The molecular formula is C24H17ClINO3. The van der Waals surface area contributed by atoms with Gasteiger partial charge in [0.2, 0.25) is 5.90 Å². The molecular weight excluding hydrogens is 513 g/mol. The lowest BCUT2D eigenvalue weighted by Crippen LogP contribution is -2.05. The molecule has 0 atom stereocenters. The maximum absolute atomic E-state index is 12.2. The molecule has 0 spiro atoms. The Morgan fingerprint density at radius 1 is 1.07 bits per heavy atom. The molecule has 0 radical (unpaired) electrons. The highest BCUT2D eigenvalue weighted by atomic mass is 127. The van der Waals surface area contributed by atoms with Crippen LogP contribution in [-0.2, 0) is 16.1 Å². The van der Waals surface area contributed by atoms with Gasteiger partial charge in [0.1, 0.15) is 12.4 Å². The molecule has 0 fully saturated rings. The Balaban J connectivity index is 1.46. The van der Waals surface area contributed by atoms with E-state index in [2.05, 4.69) is 27.6 Å².